The molecule has 0 aliphatic rings. The summed E-state index contributed by atoms with van der Waals surface area (Å²) in [6.07, 6.45) is 84.3. The summed E-state index contributed by atoms with van der Waals surface area (Å²) in [5.41, 5.74) is 0. The number of hydrogen-bond acceptors (Lipinski definition) is 6. The molecule has 6 nitrogen and oxygen atoms in total. The van der Waals surface area contributed by atoms with Gasteiger partial charge in [-0.3, -0.25) is 14.4 Å². The smallest absolute Gasteiger partial charge is 0.306 e. The minimum atomic E-state index is -0.777. The molecule has 456 valence electrons. The molecule has 0 aliphatic carbocycles. The standard InChI is InChI=1S/C72H132O6/c1-4-7-10-13-16-19-22-24-26-28-30-32-34-36-38-39-41-43-45-47-50-53-56-59-62-65-71(74)77-68-69(67-76-70(73)64-61-58-55-52-49-21-18-15-12-9-6-3)78-72(75)66-63-60-57-54-51-48-46-44-42-40-37-35-33-31-29-27-25-23-20-17-14-11-8-5-2/h15,18,22,24,28,30,34,36,69H,4-14,16-17,19-21,23,25-27,29,31-33,35,37-68H2,1-3H3/b18-15-,24-22-,30-28-,36-34-. The van der Waals surface area contributed by atoms with E-state index in [1.165, 1.54) is 257 Å². The average molecular weight is 1090 g/mol. The first kappa shape index (κ1) is 75.4. The van der Waals surface area contributed by atoms with Gasteiger partial charge in [0.25, 0.3) is 0 Å². The van der Waals surface area contributed by atoms with Gasteiger partial charge in [0.1, 0.15) is 13.2 Å². The maximum Gasteiger partial charge on any atom is 0.306 e. The molecule has 0 aromatic rings. The summed E-state index contributed by atoms with van der Waals surface area (Å²) in [7, 11) is 0. The summed E-state index contributed by atoms with van der Waals surface area (Å²) < 4.78 is 16.9. The molecule has 6 heteroatoms. The Hall–Kier alpha value is -2.63. The second kappa shape index (κ2) is 66.9. The lowest BCUT2D eigenvalue weighted by Crippen LogP contribution is -2.30. The Labute approximate surface area is 486 Å². The lowest BCUT2D eigenvalue weighted by Gasteiger charge is -2.18. The summed E-state index contributed by atoms with van der Waals surface area (Å²) in [6.45, 7) is 6.64. The third kappa shape index (κ3) is 64.2. The molecule has 0 saturated carbocycles. The first-order chi connectivity index (χ1) is 38.5. The normalized spacial score (nSPS) is 12.3. The first-order valence-corrected chi connectivity index (χ1v) is 34.6. The molecule has 0 rings (SSSR count). The number of carbonyl (C=O) groups excluding carboxylic acids is 3. The van der Waals surface area contributed by atoms with Gasteiger partial charge in [-0.25, -0.2) is 0 Å². The quantitative estimate of drug-likeness (QED) is 0.0261. The molecule has 0 bridgehead atoms. The van der Waals surface area contributed by atoms with Crippen molar-refractivity contribution in [1.82, 2.24) is 0 Å². The zero-order chi connectivity index (χ0) is 56.4. The van der Waals surface area contributed by atoms with Gasteiger partial charge in [-0.15, -0.1) is 0 Å². The highest BCUT2D eigenvalue weighted by Crippen LogP contribution is 2.18. The van der Waals surface area contributed by atoms with Gasteiger partial charge >= 0.3 is 17.9 Å². The molecule has 0 heterocycles. The molecule has 78 heavy (non-hydrogen) atoms. The molecule has 0 aromatic heterocycles. The Kier molecular flexibility index (Phi) is 64.6. The van der Waals surface area contributed by atoms with Crippen LogP contribution in [-0.2, 0) is 28.6 Å². The van der Waals surface area contributed by atoms with Crippen LogP contribution >= 0.6 is 0 Å². The Morgan fingerprint density at radius 2 is 0.474 bits per heavy atom. The topological polar surface area (TPSA) is 78.9 Å². The van der Waals surface area contributed by atoms with Gasteiger partial charge in [0, 0.05) is 19.3 Å². The number of unbranched alkanes of at least 4 members (excludes halogenated alkanes) is 45. The number of hydrogen-bond donors (Lipinski definition) is 0. The largest absolute Gasteiger partial charge is 0.462 e. The Morgan fingerprint density at radius 3 is 0.769 bits per heavy atom. The van der Waals surface area contributed by atoms with Crippen LogP contribution in [0.2, 0.25) is 0 Å². The van der Waals surface area contributed by atoms with Crippen LogP contribution in [0.25, 0.3) is 0 Å². The molecule has 0 radical (unpaired) electrons. The predicted octanol–water partition coefficient (Wildman–Crippen LogP) is 23.7. The second-order valence-electron chi connectivity index (χ2n) is 23.4. The van der Waals surface area contributed by atoms with E-state index in [0.29, 0.717) is 19.3 Å². The lowest BCUT2D eigenvalue weighted by molar-refractivity contribution is -0.167. The van der Waals surface area contributed by atoms with E-state index in [1.807, 2.05) is 0 Å². The maximum atomic E-state index is 12.9. The van der Waals surface area contributed by atoms with E-state index in [4.69, 9.17) is 14.2 Å². The van der Waals surface area contributed by atoms with Crippen molar-refractivity contribution in [3.8, 4) is 0 Å². The number of ether oxygens (including phenoxy) is 3. The number of esters is 3. The molecular formula is C72H132O6. The molecule has 0 saturated heterocycles. The van der Waals surface area contributed by atoms with E-state index in [2.05, 4.69) is 69.4 Å². The zero-order valence-corrected chi connectivity index (χ0v) is 52.5. The summed E-state index contributed by atoms with van der Waals surface area (Å²) in [4.78, 5) is 38.3. The lowest BCUT2D eigenvalue weighted by atomic mass is 10.0. The molecule has 1 unspecified atom stereocenters. The van der Waals surface area contributed by atoms with Crippen LogP contribution in [0.15, 0.2) is 48.6 Å². The van der Waals surface area contributed by atoms with Crippen LogP contribution in [0.4, 0.5) is 0 Å². The van der Waals surface area contributed by atoms with E-state index in [-0.39, 0.29) is 31.1 Å². The van der Waals surface area contributed by atoms with E-state index in [9.17, 15) is 14.4 Å². The first-order valence-electron chi connectivity index (χ1n) is 34.6. The Balaban J connectivity index is 4.21. The van der Waals surface area contributed by atoms with Crippen LogP contribution in [-0.4, -0.2) is 37.2 Å². The van der Waals surface area contributed by atoms with E-state index in [1.54, 1.807) is 0 Å². The third-order valence-corrected chi connectivity index (χ3v) is 15.6. The maximum absolute atomic E-state index is 12.9. The molecule has 0 aliphatic heterocycles. The van der Waals surface area contributed by atoms with Gasteiger partial charge in [0.05, 0.1) is 0 Å². The van der Waals surface area contributed by atoms with Gasteiger partial charge in [-0.2, -0.15) is 0 Å². The van der Waals surface area contributed by atoms with Crippen LogP contribution in [0, 0.1) is 0 Å². The highest BCUT2D eigenvalue weighted by atomic mass is 16.6. The van der Waals surface area contributed by atoms with Crippen molar-refractivity contribution in [3.05, 3.63) is 48.6 Å². The number of rotatable bonds is 64. The molecule has 0 spiro atoms. The molecule has 1 atom stereocenters. The van der Waals surface area contributed by atoms with Crippen molar-refractivity contribution in [3.63, 3.8) is 0 Å². The molecule has 0 amide bonds. The van der Waals surface area contributed by atoms with Gasteiger partial charge in [-0.05, 0) is 77.0 Å². The summed E-state index contributed by atoms with van der Waals surface area (Å²) >= 11 is 0. The fourth-order valence-corrected chi connectivity index (χ4v) is 10.3. The number of carbonyl (C=O) groups is 3. The van der Waals surface area contributed by atoms with Crippen LogP contribution in [0.5, 0.6) is 0 Å². The molecule has 0 aromatic carbocycles. The van der Waals surface area contributed by atoms with Crippen LogP contribution < -0.4 is 0 Å². The van der Waals surface area contributed by atoms with Gasteiger partial charge in [-0.1, -0.05) is 326 Å². The Morgan fingerprint density at radius 1 is 0.256 bits per heavy atom. The monoisotopic (exact) mass is 1090 g/mol. The van der Waals surface area contributed by atoms with Crippen LogP contribution in [0.3, 0.4) is 0 Å². The van der Waals surface area contributed by atoms with Crippen molar-refractivity contribution in [2.45, 2.75) is 380 Å². The summed E-state index contributed by atoms with van der Waals surface area (Å²) in [5.74, 6) is -0.864. The number of allylic oxidation sites excluding steroid dienone is 8. The minimum Gasteiger partial charge on any atom is -0.462 e. The third-order valence-electron chi connectivity index (χ3n) is 15.6. The van der Waals surface area contributed by atoms with Gasteiger partial charge in [0.15, 0.2) is 6.10 Å². The van der Waals surface area contributed by atoms with E-state index >= 15 is 0 Å². The van der Waals surface area contributed by atoms with Crippen molar-refractivity contribution in [1.29, 1.82) is 0 Å². The highest BCUT2D eigenvalue weighted by Gasteiger charge is 2.19. The van der Waals surface area contributed by atoms with E-state index < -0.39 is 6.10 Å². The van der Waals surface area contributed by atoms with Crippen molar-refractivity contribution < 1.29 is 28.6 Å². The van der Waals surface area contributed by atoms with Crippen molar-refractivity contribution >= 4 is 17.9 Å². The Bertz CT molecular complexity index is 1350. The van der Waals surface area contributed by atoms with E-state index in [0.717, 1.165) is 77.0 Å². The van der Waals surface area contributed by atoms with Crippen LogP contribution in [0.1, 0.15) is 374 Å². The average Bonchev–Trinajstić information content (AvgIpc) is 3.44. The van der Waals surface area contributed by atoms with Gasteiger partial charge < -0.3 is 14.2 Å². The fraction of sp³-hybridized carbons (Fsp3) is 0.847. The summed E-state index contributed by atoms with van der Waals surface area (Å²) in [6, 6.07) is 0. The minimum absolute atomic E-state index is 0.0741. The summed E-state index contributed by atoms with van der Waals surface area (Å²) in [5, 5.41) is 0. The molecular weight excluding hydrogens is 961 g/mol. The SMILES string of the molecule is CCCC/C=C\CCCCCCCC(=O)OCC(COC(=O)CCCCCCCCCCCC/C=C\C/C=C\C/C=C\CCCCCCC)OC(=O)CCCCCCCCCCCCCCCCCCCCCCCCCC. The predicted molar refractivity (Wildman–Crippen MR) is 339 cm³/mol. The molecule has 0 fully saturated rings. The highest BCUT2D eigenvalue weighted by molar-refractivity contribution is 5.71. The van der Waals surface area contributed by atoms with Crippen molar-refractivity contribution in [2.24, 2.45) is 0 Å². The van der Waals surface area contributed by atoms with Gasteiger partial charge in [0.2, 0.25) is 0 Å². The zero-order valence-electron chi connectivity index (χ0n) is 52.5. The fourth-order valence-electron chi connectivity index (χ4n) is 10.3. The second-order valence-corrected chi connectivity index (χ2v) is 23.4. The molecule has 0 N–H and O–H groups in total. The van der Waals surface area contributed by atoms with Crippen molar-refractivity contribution in [2.75, 3.05) is 13.2 Å².